The SMILES string of the molecule is Cc1ccc(C)c(NC(=O)C2CCCN(S(=O)(=O)N3CCCCCC3)C2)c1. The number of aryl methyl sites for hydroxylation is 2. The summed E-state index contributed by atoms with van der Waals surface area (Å²) in [6, 6.07) is 5.96. The Labute approximate surface area is 163 Å². The molecule has 0 saturated carbocycles. The molecule has 7 heteroatoms. The molecule has 6 nitrogen and oxygen atoms in total. The third-order valence-electron chi connectivity index (χ3n) is 5.62. The van der Waals surface area contributed by atoms with Crippen LogP contribution in [0.3, 0.4) is 0 Å². The first-order valence-corrected chi connectivity index (χ1v) is 11.4. The first-order chi connectivity index (χ1) is 12.9. The summed E-state index contributed by atoms with van der Waals surface area (Å²) in [5.74, 6) is -0.389. The van der Waals surface area contributed by atoms with Crippen LogP contribution >= 0.6 is 0 Å². The van der Waals surface area contributed by atoms with Gasteiger partial charge in [0.2, 0.25) is 5.91 Å². The van der Waals surface area contributed by atoms with Crippen LogP contribution in [-0.2, 0) is 15.0 Å². The number of nitrogens with one attached hydrogen (secondary N) is 1. The first-order valence-electron chi connectivity index (χ1n) is 10.0. The number of nitrogens with zero attached hydrogens (tertiary/aromatic N) is 2. The average molecular weight is 394 g/mol. The van der Waals surface area contributed by atoms with Gasteiger partial charge >= 0.3 is 0 Å². The molecule has 2 saturated heterocycles. The number of benzene rings is 1. The summed E-state index contributed by atoms with van der Waals surface area (Å²) in [6.07, 6.45) is 5.47. The minimum Gasteiger partial charge on any atom is -0.326 e. The number of hydrogen-bond acceptors (Lipinski definition) is 3. The lowest BCUT2D eigenvalue weighted by Gasteiger charge is -2.34. The summed E-state index contributed by atoms with van der Waals surface area (Å²) in [7, 11) is -3.48. The summed E-state index contributed by atoms with van der Waals surface area (Å²) in [6.45, 7) is 5.93. The highest BCUT2D eigenvalue weighted by molar-refractivity contribution is 7.86. The van der Waals surface area contributed by atoms with E-state index in [4.69, 9.17) is 0 Å². The molecule has 0 aliphatic carbocycles. The molecule has 1 atom stereocenters. The maximum absolute atomic E-state index is 13.0. The van der Waals surface area contributed by atoms with E-state index in [1.807, 2.05) is 32.0 Å². The largest absolute Gasteiger partial charge is 0.326 e. The van der Waals surface area contributed by atoms with Gasteiger partial charge in [-0.3, -0.25) is 4.79 Å². The zero-order valence-corrected chi connectivity index (χ0v) is 17.2. The van der Waals surface area contributed by atoms with Gasteiger partial charge in [0.15, 0.2) is 0 Å². The molecule has 1 N–H and O–H groups in total. The Balaban J connectivity index is 1.67. The van der Waals surface area contributed by atoms with Gasteiger partial charge in [-0.05, 0) is 56.7 Å². The highest BCUT2D eigenvalue weighted by Crippen LogP contribution is 2.25. The van der Waals surface area contributed by atoms with Crippen LogP contribution in [0.2, 0.25) is 0 Å². The van der Waals surface area contributed by atoms with Gasteiger partial charge < -0.3 is 5.32 Å². The van der Waals surface area contributed by atoms with Crippen LogP contribution in [0.15, 0.2) is 18.2 Å². The maximum Gasteiger partial charge on any atom is 0.281 e. The Morgan fingerprint density at radius 2 is 1.67 bits per heavy atom. The van der Waals surface area contributed by atoms with E-state index >= 15 is 0 Å². The Morgan fingerprint density at radius 1 is 1.00 bits per heavy atom. The first kappa shape index (κ1) is 20.3. The minimum absolute atomic E-state index is 0.0838. The van der Waals surface area contributed by atoms with Crippen LogP contribution in [0.4, 0.5) is 5.69 Å². The molecule has 3 rings (SSSR count). The van der Waals surface area contributed by atoms with Crippen molar-refractivity contribution in [2.75, 3.05) is 31.5 Å². The predicted octanol–water partition coefficient (Wildman–Crippen LogP) is 3.07. The van der Waals surface area contributed by atoms with E-state index in [1.54, 1.807) is 4.31 Å². The summed E-state index contributed by atoms with van der Waals surface area (Å²) in [5.41, 5.74) is 2.91. The molecule has 2 aliphatic heterocycles. The van der Waals surface area contributed by atoms with Crippen LogP contribution in [-0.4, -0.2) is 49.1 Å². The molecule has 0 aromatic heterocycles. The number of hydrogen-bond donors (Lipinski definition) is 1. The van der Waals surface area contributed by atoms with Gasteiger partial charge in [-0.1, -0.05) is 25.0 Å². The molecule has 1 aromatic carbocycles. The summed E-state index contributed by atoms with van der Waals surface area (Å²) in [5, 5.41) is 3.01. The zero-order chi connectivity index (χ0) is 19.4. The smallest absolute Gasteiger partial charge is 0.281 e. The van der Waals surface area contributed by atoms with E-state index in [0.717, 1.165) is 55.3 Å². The van der Waals surface area contributed by atoms with Crippen molar-refractivity contribution in [3.63, 3.8) is 0 Å². The van der Waals surface area contributed by atoms with Crippen molar-refractivity contribution in [3.8, 4) is 0 Å². The van der Waals surface area contributed by atoms with E-state index in [9.17, 15) is 13.2 Å². The number of carbonyl (C=O) groups is 1. The molecule has 0 spiro atoms. The third-order valence-corrected chi connectivity index (χ3v) is 7.63. The van der Waals surface area contributed by atoms with Gasteiger partial charge in [0.25, 0.3) is 10.2 Å². The fourth-order valence-corrected chi connectivity index (χ4v) is 5.68. The maximum atomic E-state index is 13.0. The second kappa shape index (κ2) is 8.71. The van der Waals surface area contributed by atoms with Crippen LogP contribution in [0, 0.1) is 19.8 Å². The van der Waals surface area contributed by atoms with Gasteiger partial charge in [-0.2, -0.15) is 17.0 Å². The number of carbonyl (C=O) groups excluding carboxylic acids is 1. The van der Waals surface area contributed by atoms with Gasteiger partial charge in [0.05, 0.1) is 5.92 Å². The Bertz CT molecular complexity index is 771. The highest BCUT2D eigenvalue weighted by Gasteiger charge is 2.36. The molecular weight excluding hydrogens is 362 g/mol. The topological polar surface area (TPSA) is 69.7 Å². The van der Waals surface area contributed by atoms with Crippen molar-refractivity contribution in [1.82, 2.24) is 8.61 Å². The summed E-state index contributed by atoms with van der Waals surface area (Å²) in [4.78, 5) is 12.8. The monoisotopic (exact) mass is 393 g/mol. The van der Waals surface area contributed by atoms with Gasteiger partial charge in [0.1, 0.15) is 0 Å². The number of amides is 1. The molecule has 0 bridgehead atoms. The Hall–Kier alpha value is -1.44. The third kappa shape index (κ3) is 4.89. The Morgan fingerprint density at radius 3 is 2.37 bits per heavy atom. The van der Waals surface area contributed by atoms with E-state index in [1.165, 1.54) is 4.31 Å². The molecule has 2 heterocycles. The molecule has 2 aliphatic rings. The van der Waals surface area contributed by atoms with Crippen LogP contribution < -0.4 is 5.32 Å². The standard InChI is InChI=1S/C20H31N3O3S/c1-16-9-10-17(2)19(14-16)21-20(24)18-8-7-13-23(15-18)27(25,26)22-11-5-3-4-6-12-22/h9-10,14,18H,3-8,11-13,15H2,1-2H3,(H,21,24). The van der Waals surface area contributed by atoms with Crippen molar-refractivity contribution in [3.05, 3.63) is 29.3 Å². The fourth-order valence-electron chi connectivity index (χ4n) is 3.91. The number of piperidine rings is 1. The quantitative estimate of drug-likeness (QED) is 0.855. The minimum atomic E-state index is -3.48. The van der Waals surface area contributed by atoms with Crippen molar-refractivity contribution in [2.24, 2.45) is 5.92 Å². The molecule has 1 aromatic rings. The van der Waals surface area contributed by atoms with E-state index < -0.39 is 10.2 Å². The van der Waals surface area contributed by atoms with Gasteiger partial charge in [-0.25, -0.2) is 0 Å². The van der Waals surface area contributed by atoms with E-state index in [0.29, 0.717) is 19.6 Å². The number of anilines is 1. The summed E-state index contributed by atoms with van der Waals surface area (Å²) >= 11 is 0. The van der Waals surface area contributed by atoms with Crippen molar-refractivity contribution in [2.45, 2.75) is 52.4 Å². The van der Waals surface area contributed by atoms with E-state index in [-0.39, 0.29) is 18.4 Å². The van der Waals surface area contributed by atoms with Gasteiger partial charge in [-0.15, -0.1) is 0 Å². The lowest BCUT2D eigenvalue weighted by Crippen LogP contribution is -2.50. The molecule has 1 unspecified atom stereocenters. The lowest BCUT2D eigenvalue weighted by atomic mass is 9.98. The van der Waals surface area contributed by atoms with Crippen molar-refractivity contribution < 1.29 is 13.2 Å². The zero-order valence-electron chi connectivity index (χ0n) is 16.4. The van der Waals surface area contributed by atoms with Crippen molar-refractivity contribution in [1.29, 1.82) is 0 Å². The lowest BCUT2D eigenvalue weighted by molar-refractivity contribution is -0.120. The van der Waals surface area contributed by atoms with E-state index in [2.05, 4.69) is 5.32 Å². The average Bonchev–Trinajstić information content (AvgIpc) is 2.95. The van der Waals surface area contributed by atoms with Gasteiger partial charge in [0, 0.05) is 31.9 Å². The van der Waals surface area contributed by atoms with Crippen LogP contribution in [0.5, 0.6) is 0 Å². The normalized spacial score (nSPS) is 23.0. The second-order valence-electron chi connectivity index (χ2n) is 7.83. The van der Waals surface area contributed by atoms with Crippen LogP contribution in [0.1, 0.15) is 49.7 Å². The predicted molar refractivity (Wildman–Crippen MR) is 108 cm³/mol. The molecule has 27 heavy (non-hydrogen) atoms. The van der Waals surface area contributed by atoms with Crippen molar-refractivity contribution >= 4 is 21.8 Å². The number of rotatable bonds is 4. The molecule has 2 fully saturated rings. The fraction of sp³-hybridized carbons (Fsp3) is 0.650. The highest BCUT2D eigenvalue weighted by atomic mass is 32.2. The van der Waals surface area contributed by atoms with Crippen LogP contribution in [0.25, 0.3) is 0 Å². The molecule has 1 amide bonds. The molecular formula is C20H31N3O3S. The summed E-state index contributed by atoms with van der Waals surface area (Å²) < 4.78 is 29.2. The molecule has 150 valence electrons. The second-order valence-corrected chi connectivity index (χ2v) is 9.75. The molecule has 0 radical (unpaired) electrons. The Kier molecular flexibility index (Phi) is 6.55.